The highest BCUT2D eigenvalue weighted by atomic mass is 19.3. The molecule has 0 spiro atoms. The topological polar surface area (TPSA) is 117 Å². The molecule has 2 atom stereocenters. The second kappa shape index (κ2) is 14.8. The molecule has 1 fully saturated rings. The summed E-state index contributed by atoms with van der Waals surface area (Å²) in [7, 11) is 1.43. The van der Waals surface area contributed by atoms with E-state index < -0.39 is 42.5 Å². The van der Waals surface area contributed by atoms with Crippen LogP contribution >= 0.6 is 0 Å². The molecule has 12 heteroatoms. The summed E-state index contributed by atoms with van der Waals surface area (Å²) in [6.07, 6.45) is 3.11. The van der Waals surface area contributed by atoms with E-state index >= 15 is 0 Å². The molecule has 230 valence electrons. The fourth-order valence-corrected chi connectivity index (χ4v) is 5.47. The van der Waals surface area contributed by atoms with Gasteiger partial charge in [-0.05, 0) is 81.7 Å². The Morgan fingerprint density at radius 2 is 2.02 bits per heavy atom. The smallest absolute Gasteiger partial charge is 0.326 e. The molecule has 3 N–H and O–H groups in total. The monoisotopic (exact) mass is 591 g/mol. The van der Waals surface area contributed by atoms with Gasteiger partial charge in [0.25, 0.3) is 6.43 Å². The molecule has 9 nitrogen and oxygen atoms in total. The van der Waals surface area contributed by atoms with E-state index in [2.05, 4.69) is 27.8 Å². The molecule has 1 aliphatic heterocycles. The van der Waals surface area contributed by atoms with Crippen LogP contribution in [0.1, 0.15) is 67.5 Å². The molecule has 0 radical (unpaired) electrons. The van der Waals surface area contributed by atoms with Crippen molar-refractivity contribution < 1.29 is 32.6 Å². The van der Waals surface area contributed by atoms with E-state index in [0.29, 0.717) is 19.4 Å². The Bertz CT molecular complexity index is 1210. The third-order valence-corrected chi connectivity index (χ3v) is 8.13. The van der Waals surface area contributed by atoms with E-state index in [-0.39, 0.29) is 30.8 Å². The molecule has 2 aliphatic rings. The first-order valence-electron chi connectivity index (χ1n) is 14.6. The third-order valence-electron chi connectivity index (χ3n) is 8.13. The van der Waals surface area contributed by atoms with Crippen molar-refractivity contribution in [2.45, 2.75) is 75.4 Å². The summed E-state index contributed by atoms with van der Waals surface area (Å²) >= 11 is 0. The number of anilines is 1. The summed E-state index contributed by atoms with van der Waals surface area (Å²) in [4.78, 5) is 36.0. The average molecular weight is 592 g/mol. The van der Waals surface area contributed by atoms with Crippen molar-refractivity contribution in [1.82, 2.24) is 20.2 Å². The predicted octanol–water partition coefficient (Wildman–Crippen LogP) is 4.07. The van der Waals surface area contributed by atoms with Gasteiger partial charge in [-0.2, -0.15) is 0 Å². The van der Waals surface area contributed by atoms with Crippen LogP contribution in [-0.4, -0.2) is 84.0 Å². The van der Waals surface area contributed by atoms with Crippen LogP contribution in [0.15, 0.2) is 30.5 Å². The fraction of sp³-hybridized carbons (Fsp3) is 0.600. The molecule has 1 aliphatic carbocycles. The number of ether oxygens (including phenoxy) is 1. The number of aryl methyl sites for hydroxylation is 2. The highest BCUT2D eigenvalue weighted by molar-refractivity contribution is 5.93. The number of hydrogen-bond acceptors (Lipinski definition) is 7. The number of fused-ring (bicyclic) bond motifs is 1. The standard InChI is InChI=1S/C30H40F3N5O4/c1-42-22(18-31)19-38(16-3-2-7-21-10-9-20-6-4-15-35-27(20)36-21)17-11-24(28(39)40)37-29(41)30(12-13-30)25-23(26(32)33)8-5-14-34-25/h5,8-10,14,22,24,26H,2-4,6-7,11-13,15-19H2,1H3,(H,35,36)(H,37,41)(H,39,40). The highest BCUT2D eigenvalue weighted by Crippen LogP contribution is 2.50. The predicted molar refractivity (Wildman–Crippen MR) is 151 cm³/mol. The number of alkyl halides is 3. The molecule has 42 heavy (non-hydrogen) atoms. The molecule has 0 aromatic carbocycles. The maximum absolute atomic E-state index is 13.6. The van der Waals surface area contributed by atoms with Crippen molar-refractivity contribution in [3.8, 4) is 0 Å². The normalized spacial score (nSPS) is 16.9. The molecule has 1 saturated carbocycles. The van der Waals surface area contributed by atoms with E-state index in [1.165, 1.54) is 31.0 Å². The zero-order chi connectivity index (χ0) is 30.1. The molecule has 2 aromatic heterocycles. The SMILES string of the molecule is COC(CF)CN(CCCCc1ccc2c(n1)NCCC2)CCC(NC(=O)C1(c2ncccc2C(F)F)CC1)C(=O)O. The van der Waals surface area contributed by atoms with Crippen molar-refractivity contribution in [3.63, 3.8) is 0 Å². The first-order chi connectivity index (χ1) is 20.3. The van der Waals surface area contributed by atoms with Crippen molar-refractivity contribution in [1.29, 1.82) is 0 Å². The van der Waals surface area contributed by atoms with Gasteiger partial charge in [-0.25, -0.2) is 22.9 Å². The van der Waals surface area contributed by atoms with Crippen LogP contribution in [0.4, 0.5) is 19.0 Å². The summed E-state index contributed by atoms with van der Waals surface area (Å²) in [5.74, 6) is -0.892. The summed E-state index contributed by atoms with van der Waals surface area (Å²) in [5, 5.41) is 15.8. The van der Waals surface area contributed by atoms with Crippen LogP contribution in [0.5, 0.6) is 0 Å². The molecule has 4 rings (SSSR count). The zero-order valence-corrected chi connectivity index (χ0v) is 24.0. The van der Waals surface area contributed by atoms with Crippen molar-refractivity contribution in [3.05, 3.63) is 53.0 Å². The van der Waals surface area contributed by atoms with E-state index in [0.717, 1.165) is 50.2 Å². The van der Waals surface area contributed by atoms with Crippen molar-refractivity contribution >= 4 is 17.7 Å². The molecule has 2 unspecified atom stereocenters. The Morgan fingerprint density at radius 1 is 1.21 bits per heavy atom. The van der Waals surface area contributed by atoms with Crippen LogP contribution in [0.3, 0.4) is 0 Å². The number of amides is 1. The number of carbonyl (C=O) groups is 2. The summed E-state index contributed by atoms with van der Waals surface area (Å²) in [5.41, 5.74) is 0.657. The Labute approximate surface area is 244 Å². The van der Waals surface area contributed by atoms with E-state index in [1.54, 1.807) is 0 Å². The van der Waals surface area contributed by atoms with Gasteiger partial charge in [0.2, 0.25) is 5.91 Å². The van der Waals surface area contributed by atoms with Gasteiger partial charge in [0, 0.05) is 44.2 Å². The quantitative estimate of drug-likeness (QED) is 0.236. The van der Waals surface area contributed by atoms with Gasteiger partial charge in [-0.15, -0.1) is 0 Å². The first-order valence-corrected chi connectivity index (χ1v) is 14.6. The highest BCUT2D eigenvalue weighted by Gasteiger charge is 2.55. The van der Waals surface area contributed by atoms with Gasteiger partial charge in [0.1, 0.15) is 18.5 Å². The minimum atomic E-state index is -2.80. The summed E-state index contributed by atoms with van der Waals surface area (Å²) < 4.78 is 45.9. The van der Waals surface area contributed by atoms with Crippen molar-refractivity contribution in [2.75, 3.05) is 45.3 Å². The van der Waals surface area contributed by atoms with Crippen LogP contribution in [-0.2, 0) is 32.6 Å². The maximum atomic E-state index is 13.6. The van der Waals surface area contributed by atoms with Crippen LogP contribution in [0.2, 0.25) is 0 Å². The van der Waals surface area contributed by atoms with Gasteiger partial charge in [-0.1, -0.05) is 6.07 Å². The van der Waals surface area contributed by atoms with Gasteiger partial charge in [0.05, 0.1) is 17.2 Å². The number of aliphatic carboxylic acids is 1. The lowest BCUT2D eigenvalue weighted by Gasteiger charge is -2.27. The second-order valence-corrected chi connectivity index (χ2v) is 11.1. The first kappa shape index (κ1) is 31.7. The lowest BCUT2D eigenvalue weighted by Crippen LogP contribution is -2.48. The zero-order valence-electron chi connectivity index (χ0n) is 24.0. The van der Waals surface area contributed by atoms with Gasteiger partial charge in [0.15, 0.2) is 0 Å². The molecule has 2 aromatic rings. The number of halogens is 3. The number of nitrogens with zero attached hydrogens (tertiary/aromatic N) is 3. The van der Waals surface area contributed by atoms with Crippen LogP contribution in [0, 0.1) is 0 Å². The molecular formula is C30H40F3N5O4. The molecule has 1 amide bonds. The Balaban J connectivity index is 1.34. The number of hydrogen-bond donors (Lipinski definition) is 3. The number of unbranched alkanes of at least 4 members (excludes halogenated alkanes) is 1. The largest absolute Gasteiger partial charge is 0.480 e. The van der Waals surface area contributed by atoms with Gasteiger partial charge < -0.3 is 25.4 Å². The van der Waals surface area contributed by atoms with Crippen molar-refractivity contribution in [2.24, 2.45) is 0 Å². The minimum Gasteiger partial charge on any atom is -0.480 e. The molecule has 0 bridgehead atoms. The van der Waals surface area contributed by atoms with Crippen LogP contribution < -0.4 is 10.6 Å². The average Bonchev–Trinajstić information content (AvgIpc) is 3.81. The molecular weight excluding hydrogens is 551 g/mol. The Kier molecular flexibility index (Phi) is 11.1. The summed E-state index contributed by atoms with van der Waals surface area (Å²) in [6, 6.07) is 5.56. The Hall–Kier alpha value is -3.25. The number of carbonyl (C=O) groups excluding carboxylic acids is 1. The van der Waals surface area contributed by atoms with Gasteiger partial charge in [-0.3, -0.25) is 9.78 Å². The minimum absolute atomic E-state index is 0.00153. The number of methoxy groups -OCH3 is 1. The van der Waals surface area contributed by atoms with E-state index in [9.17, 15) is 27.9 Å². The van der Waals surface area contributed by atoms with Gasteiger partial charge >= 0.3 is 5.97 Å². The fourth-order valence-electron chi connectivity index (χ4n) is 5.47. The number of rotatable bonds is 17. The lowest BCUT2D eigenvalue weighted by atomic mass is 9.95. The summed E-state index contributed by atoms with van der Waals surface area (Å²) in [6.45, 7) is 1.36. The Morgan fingerprint density at radius 3 is 2.71 bits per heavy atom. The number of carboxylic acids is 1. The number of aromatic nitrogens is 2. The van der Waals surface area contributed by atoms with E-state index in [4.69, 9.17) is 9.72 Å². The van der Waals surface area contributed by atoms with Crippen LogP contribution in [0.25, 0.3) is 0 Å². The second-order valence-electron chi connectivity index (χ2n) is 11.1. The lowest BCUT2D eigenvalue weighted by molar-refractivity contribution is -0.142. The number of nitrogens with one attached hydrogen (secondary N) is 2. The third kappa shape index (κ3) is 7.97. The molecule has 0 saturated heterocycles. The van der Waals surface area contributed by atoms with E-state index in [1.807, 2.05) is 4.90 Å². The number of carboxylic acid groups (broad SMARTS) is 1. The maximum Gasteiger partial charge on any atom is 0.326 e. The molecule has 3 heterocycles. The number of pyridine rings is 2.